The van der Waals surface area contributed by atoms with Crippen molar-refractivity contribution >= 4 is 17.4 Å². The Kier molecular flexibility index (Phi) is 4.56. The fourth-order valence-corrected chi connectivity index (χ4v) is 4.12. The van der Waals surface area contributed by atoms with Gasteiger partial charge in [-0.25, -0.2) is 9.97 Å². The number of hydrogen-bond donors (Lipinski definition) is 0. The van der Waals surface area contributed by atoms with E-state index in [4.69, 9.17) is 10.1 Å². The van der Waals surface area contributed by atoms with E-state index in [9.17, 15) is 0 Å². The molecule has 8 heteroatoms. The van der Waals surface area contributed by atoms with Gasteiger partial charge in [-0.1, -0.05) is 6.07 Å². The molecule has 0 amide bonds. The summed E-state index contributed by atoms with van der Waals surface area (Å²) in [6, 6.07) is 8.21. The third kappa shape index (κ3) is 3.40. The summed E-state index contributed by atoms with van der Waals surface area (Å²) in [7, 11) is 0. The topological polar surface area (TPSA) is 65.7 Å². The molecule has 146 valence electrons. The third-order valence-electron chi connectivity index (χ3n) is 5.61. The Bertz CT molecular complexity index is 939. The van der Waals surface area contributed by atoms with E-state index < -0.39 is 0 Å². The minimum atomic E-state index is 0.712. The summed E-state index contributed by atoms with van der Waals surface area (Å²) in [5, 5.41) is 4.80. The van der Waals surface area contributed by atoms with Gasteiger partial charge in [-0.15, -0.1) is 5.10 Å². The summed E-state index contributed by atoms with van der Waals surface area (Å²) in [6.07, 6.45) is 4.34. The fraction of sp³-hybridized carbons (Fsp3) is 0.500. The summed E-state index contributed by atoms with van der Waals surface area (Å²) in [4.78, 5) is 20.9. The second-order valence-electron chi connectivity index (χ2n) is 7.64. The lowest BCUT2D eigenvalue weighted by Crippen LogP contribution is -2.46. The minimum absolute atomic E-state index is 0.712. The molecular weight excluding hydrogens is 352 g/mol. The van der Waals surface area contributed by atoms with Crippen molar-refractivity contribution in [2.24, 2.45) is 0 Å². The molecule has 0 saturated carbocycles. The molecule has 0 spiro atoms. The molecule has 2 fully saturated rings. The normalized spacial score (nSPS) is 18.3. The predicted octanol–water partition coefficient (Wildman–Crippen LogP) is 1.75. The highest BCUT2D eigenvalue weighted by molar-refractivity contribution is 5.48. The van der Waals surface area contributed by atoms with Crippen LogP contribution in [0.4, 0.5) is 11.6 Å². The molecule has 8 nitrogen and oxygen atoms in total. The van der Waals surface area contributed by atoms with Crippen LogP contribution in [0.25, 0.3) is 5.78 Å². The zero-order chi connectivity index (χ0) is 18.9. The number of pyridine rings is 1. The first-order valence-electron chi connectivity index (χ1n) is 10.1. The van der Waals surface area contributed by atoms with Crippen molar-refractivity contribution in [3.8, 4) is 0 Å². The molecule has 3 aromatic rings. The van der Waals surface area contributed by atoms with Gasteiger partial charge in [0.15, 0.2) is 5.82 Å². The van der Waals surface area contributed by atoms with Crippen molar-refractivity contribution in [2.45, 2.75) is 26.3 Å². The number of anilines is 2. The molecule has 2 aliphatic heterocycles. The van der Waals surface area contributed by atoms with Crippen molar-refractivity contribution < 1.29 is 0 Å². The van der Waals surface area contributed by atoms with Gasteiger partial charge >= 0.3 is 0 Å². The summed E-state index contributed by atoms with van der Waals surface area (Å²) >= 11 is 0. The second-order valence-corrected chi connectivity index (χ2v) is 7.64. The van der Waals surface area contributed by atoms with E-state index in [2.05, 4.69) is 36.8 Å². The highest BCUT2D eigenvalue weighted by Crippen LogP contribution is 2.21. The molecule has 0 N–H and O–H groups in total. The Morgan fingerprint density at radius 1 is 0.929 bits per heavy atom. The van der Waals surface area contributed by atoms with E-state index >= 15 is 0 Å². The first-order chi connectivity index (χ1) is 13.8. The molecule has 0 atom stereocenters. The Hall–Kier alpha value is -2.74. The molecule has 0 radical (unpaired) electrons. The number of fused-ring (bicyclic) bond motifs is 1. The molecule has 28 heavy (non-hydrogen) atoms. The maximum Gasteiger partial charge on any atom is 0.254 e. The van der Waals surface area contributed by atoms with Crippen molar-refractivity contribution in [3.05, 3.63) is 42.0 Å². The van der Waals surface area contributed by atoms with Crippen molar-refractivity contribution in [1.29, 1.82) is 0 Å². The van der Waals surface area contributed by atoms with Crippen molar-refractivity contribution in [3.63, 3.8) is 0 Å². The van der Waals surface area contributed by atoms with Crippen LogP contribution in [0.2, 0.25) is 0 Å². The quantitative estimate of drug-likeness (QED) is 0.685. The highest BCUT2D eigenvalue weighted by atomic mass is 15.4. The van der Waals surface area contributed by atoms with Gasteiger partial charge in [0, 0.05) is 57.2 Å². The average Bonchev–Trinajstić information content (AvgIpc) is 3.38. The lowest BCUT2D eigenvalue weighted by Gasteiger charge is -2.34. The van der Waals surface area contributed by atoms with Crippen LogP contribution in [0.5, 0.6) is 0 Å². The molecule has 5 heterocycles. The lowest BCUT2D eigenvalue weighted by atomic mass is 10.3. The zero-order valence-corrected chi connectivity index (χ0v) is 16.3. The zero-order valence-electron chi connectivity index (χ0n) is 16.3. The Morgan fingerprint density at radius 2 is 1.75 bits per heavy atom. The summed E-state index contributed by atoms with van der Waals surface area (Å²) in [5.41, 5.74) is 0.998. The van der Waals surface area contributed by atoms with Crippen LogP contribution in [0.1, 0.15) is 24.4 Å². The molecule has 3 aromatic heterocycles. The standard InChI is InChI=1S/C20H26N8/c1-16-14-19(27-8-4-5-9-27)28-20(22-16)23-17(24-28)15-25-10-12-26(13-11-25)18-6-2-3-7-21-18/h2-3,6-7,14H,4-5,8-13,15H2,1H3. The number of hydrogen-bond acceptors (Lipinski definition) is 7. The predicted molar refractivity (Wildman–Crippen MR) is 109 cm³/mol. The number of aromatic nitrogens is 5. The van der Waals surface area contributed by atoms with Gasteiger partial charge in [0.05, 0.1) is 6.54 Å². The fourth-order valence-electron chi connectivity index (χ4n) is 4.12. The molecule has 0 bridgehead atoms. The van der Waals surface area contributed by atoms with Gasteiger partial charge in [-0.05, 0) is 31.9 Å². The van der Waals surface area contributed by atoms with Gasteiger partial charge in [0.25, 0.3) is 5.78 Å². The minimum Gasteiger partial charge on any atom is -0.356 e. The van der Waals surface area contributed by atoms with E-state index in [-0.39, 0.29) is 0 Å². The molecule has 0 unspecified atom stereocenters. The average molecular weight is 378 g/mol. The first kappa shape index (κ1) is 17.4. The second kappa shape index (κ2) is 7.35. The van der Waals surface area contributed by atoms with E-state index in [1.807, 2.05) is 29.8 Å². The Labute approximate surface area is 164 Å². The lowest BCUT2D eigenvalue weighted by molar-refractivity contribution is 0.243. The molecule has 0 aromatic carbocycles. The third-order valence-corrected chi connectivity index (χ3v) is 5.61. The summed E-state index contributed by atoms with van der Waals surface area (Å²) < 4.78 is 1.93. The highest BCUT2D eigenvalue weighted by Gasteiger charge is 2.21. The SMILES string of the molecule is Cc1cc(N2CCCC2)n2nc(CN3CCN(c4ccccn4)CC3)nc2n1. The smallest absolute Gasteiger partial charge is 0.254 e. The van der Waals surface area contributed by atoms with Crippen LogP contribution in [0.15, 0.2) is 30.5 Å². The number of aryl methyl sites for hydroxylation is 1. The van der Waals surface area contributed by atoms with Crippen LogP contribution in [-0.2, 0) is 6.54 Å². The molecule has 0 aliphatic carbocycles. The van der Waals surface area contributed by atoms with E-state index in [0.717, 1.165) is 69.0 Å². The van der Waals surface area contributed by atoms with Crippen LogP contribution in [0, 0.1) is 6.92 Å². The van der Waals surface area contributed by atoms with E-state index in [1.165, 1.54) is 12.8 Å². The van der Waals surface area contributed by atoms with Gasteiger partial charge in [0.2, 0.25) is 0 Å². The van der Waals surface area contributed by atoms with Gasteiger partial charge in [0.1, 0.15) is 11.6 Å². The monoisotopic (exact) mass is 378 g/mol. The number of rotatable bonds is 4. The van der Waals surface area contributed by atoms with E-state index in [0.29, 0.717) is 5.78 Å². The van der Waals surface area contributed by atoms with Crippen molar-refractivity contribution in [1.82, 2.24) is 29.5 Å². The van der Waals surface area contributed by atoms with Gasteiger partial charge in [-0.2, -0.15) is 9.50 Å². The summed E-state index contributed by atoms with van der Waals surface area (Å²) in [6.45, 7) is 8.88. The Morgan fingerprint density at radius 3 is 2.50 bits per heavy atom. The maximum absolute atomic E-state index is 4.80. The van der Waals surface area contributed by atoms with Crippen LogP contribution in [-0.4, -0.2) is 68.7 Å². The molecule has 2 saturated heterocycles. The largest absolute Gasteiger partial charge is 0.356 e. The number of nitrogens with zero attached hydrogens (tertiary/aromatic N) is 8. The Balaban J connectivity index is 1.30. The van der Waals surface area contributed by atoms with Crippen molar-refractivity contribution in [2.75, 3.05) is 49.1 Å². The van der Waals surface area contributed by atoms with E-state index in [1.54, 1.807) is 0 Å². The molecule has 5 rings (SSSR count). The maximum atomic E-state index is 4.80. The summed E-state index contributed by atoms with van der Waals surface area (Å²) in [5.74, 6) is 3.75. The van der Waals surface area contributed by atoms with Crippen LogP contribution in [0.3, 0.4) is 0 Å². The van der Waals surface area contributed by atoms with Gasteiger partial charge < -0.3 is 9.80 Å². The van der Waals surface area contributed by atoms with Crippen LogP contribution < -0.4 is 9.80 Å². The molecule has 2 aliphatic rings. The molecular formula is C20H26N8. The van der Waals surface area contributed by atoms with Gasteiger partial charge in [-0.3, -0.25) is 4.90 Å². The number of piperazine rings is 1. The van der Waals surface area contributed by atoms with Crippen LogP contribution >= 0.6 is 0 Å². The first-order valence-corrected chi connectivity index (χ1v) is 10.1.